The lowest BCUT2D eigenvalue weighted by molar-refractivity contribution is 0.0697. The molecule has 0 radical (unpaired) electrons. The number of pyridine rings is 1. The van der Waals surface area contributed by atoms with Crippen LogP contribution in [0.25, 0.3) is 0 Å². The molecule has 1 aromatic heterocycles. The van der Waals surface area contributed by atoms with E-state index in [2.05, 4.69) is 4.98 Å². The maximum absolute atomic E-state index is 13.9. The molecule has 1 aromatic carbocycles. The van der Waals surface area contributed by atoms with E-state index in [4.69, 9.17) is 0 Å². The number of hydrogen-bond acceptors (Lipinski definition) is 4. The number of carbonyl (C=O) groups excluding carboxylic acids is 1. The number of urea groups is 1. The fraction of sp³-hybridized carbons (Fsp3) is 0.381. The standard InChI is InChI=1S/C21H23FN4O3/c1-24(2)21(29)26-11-14-10-25(19-16(20(27)28)7-4-8-23-19)12-17(14)18(26)13-5-3-6-15(22)9-13/h3-9,14,17-18H,10-12H2,1-2H3,(H,27,28)/t14-,17-,18+/m1/s1. The number of aromatic nitrogens is 1. The molecule has 2 aliphatic heterocycles. The summed E-state index contributed by atoms with van der Waals surface area (Å²) in [6.45, 7) is 1.69. The lowest BCUT2D eigenvalue weighted by Crippen LogP contribution is -2.41. The Kier molecular flexibility index (Phi) is 4.86. The minimum Gasteiger partial charge on any atom is -0.478 e. The van der Waals surface area contributed by atoms with Crippen LogP contribution in [0.5, 0.6) is 0 Å². The number of carboxylic acids is 1. The van der Waals surface area contributed by atoms with Crippen LogP contribution in [0.1, 0.15) is 22.0 Å². The van der Waals surface area contributed by atoms with E-state index in [0.29, 0.717) is 25.5 Å². The van der Waals surface area contributed by atoms with Crippen LogP contribution in [0.15, 0.2) is 42.6 Å². The van der Waals surface area contributed by atoms with Crippen molar-refractivity contribution in [3.8, 4) is 0 Å². The number of carboxylic acid groups (broad SMARTS) is 1. The minimum atomic E-state index is -1.02. The molecule has 2 amide bonds. The van der Waals surface area contributed by atoms with Gasteiger partial charge in [-0.1, -0.05) is 12.1 Å². The normalized spacial score (nSPS) is 23.2. The van der Waals surface area contributed by atoms with Crippen molar-refractivity contribution in [2.45, 2.75) is 6.04 Å². The molecule has 0 bridgehead atoms. The highest BCUT2D eigenvalue weighted by molar-refractivity contribution is 5.93. The molecular weight excluding hydrogens is 375 g/mol. The van der Waals surface area contributed by atoms with Gasteiger partial charge < -0.3 is 19.8 Å². The van der Waals surface area contributed by atoms with Gasteiger partial charge in [-0.25, -0.2) is 19.0 Å². The van der Waals surface area contributed by atoms with Gasteiger partial charge in [0.25, 0.3) is 0 Å². The lowest BCUT2D eigenvalue weighted by atomic mass is 9.89. The van der Waals surface area contributed by atoms with Crippen molar-refractivity contribution < 1.29 is 19.1 Å². The number of anilines is 1. The number of benzene rings is 1. The molecule has 3 atom stereocenters. The zero-order valence-corrected chi connectivity index (χ0v) is 16.3. The lowest BCUT2D eigenvalue weighted by Gasteiger charge is -2.32. The summed E-state index contributed by atoms with van der Waals surface area (Å²) >= 11 is 0. The summed E-state index contributed by atoms with van der Waals surface area (Å²) in [5.74, 6) is -0.703. The molecule has 3 heterocycles. The predicted octanol–water partition coefficient (Wildman–Crippen LogP) is 2.71. The molecule has 4 rings (SSSR count). The van der Waals surface area contributed by atoms with Crippen molar-refractivity contribution in [2.75, 3.05) is 38.6 Å². The Bertz CT molecular complexity index is 951. The molecule has 8 heteroatoms. The molecule has 0 spiro atoms. The van der Waals surface area contributed by atoms with Gasteiger partial charge in [0.15, 0.2) is 0 Å². The first-order valence-corrected chi connectivity index (χ1v) is 9.53. The molecule has 152 valence electrons. The molecular formula is C21H23FN4O3. The van der Waals surface area contributed by atoms with Gasteiger partial charge in [0.2, 0.25) is 0 Å². The van der Waals surface area contributed by atoms with E-state index in [9.17, 15) is 19.1 Å². The van der Waals surface area contributed by atoms with Gasteiger partial charge in [0, 0.05) is 51.8 Å². The topological polar surface area (TPSA) is 77.0 Å². The first-order chi connectivity index (χ1) is 13.9. The monoisotopic (exact) mass is 398 g/mol. The van der Waals surface area contributed by atoms with Crippen molar-refractivity contribution in [1.82, 2.24) is 14.8 Å². The van der Waals surface area contributed by atoms with Crippen LogP contribution in [-0.2, 0) is 0 Å². The molecule has 2 fully saturated rings. The van der Waals surface area contributed by atoms with E-state index in [-0.39, 0.29) is 35.3 Å². The number of fused-ring (bicyclic) bond motifs is 1. The predicted molar refractivity (Wildman–Crippen MR) is 105 cm³/mol. The second kappa shape index (κ2) is 7.35. The summed E-state index contributed by atoms with van der Waals surface area (Å²) in [5, 5.41) is 9.50. The summed E-state index contributed by atoms with van der Waals surface area (Å²) in [4.78, 5) is 34.0. The summed E-state index contributed by atoms with van der Waals surface area (Å²) in [6, 6.07) is 9.15. The molecule has 0 unspecified atom stereocenters. The number of rotatable bonds is 3. The Labute approximate surface area is 168 Å². The van der Waals surface area contributed by atoms with Crippen LogP contribution in [-0.4, -0.2) is 65.6 Å². The van der Waals surface area contributed by atoms with E-state index in [1.54, 1.807) is 43.4 Å². The van der Waals surface area contributed by atoms with Crippen LogP contribution in [0.2, 0.25) is 0 Å². The number of aromatic carboxylic acids is 1. The third-order valence-corrected chi connectivity index (χ3v) is 5.80. The molecule has 0 saturated carbocycles. The Morgan fingerprint density at radius 3 is 2.66 bits per heavy atom. The van der Waals surface area contributed by atoms with E-state index in [1.807, 2.05) is 11.0 Å². The first kappa shape index (κ1) is 19.2. The molecule has 0 aliphatic carbocycles. The zero-order valence-electron chi connectivity index (χ0n) is 16.3. The number of hydrogen-bond donors (Lipinski definition) is 1. The molecule has 7 nitrogen and oxygen atoms in total. The van der Waals surface area contributed by atoms with E-state index < -0.39 is 5.97 Å². The number of likely N-dealkylation sites (tertiary alicyclic amines) is 1. The van der Waals surface area contributed by atoms with Gasteiger partial charge >= 0.3 is 12.0 Å². The van der Waals surface area contributed by atoms with Gasteiger partial charge in [-0.3, -0.25) is 0 Å². The van der Waals surface area contributed by atoms with E-state index in [1.165, 1.54) is 17.0 Å². The molecule has 2 saturated heterocycles. The minimum absolute atomic E-state index is 0.0596. The van der Waals surface area contributed by atoms with Gasteiger partial charge in [-0.2, -0.15) is 0 Å². The van der Waals surface area contributed by atoms with Crippen molar-refractivity contribution in [2.24, 2.45) is 11.8 Å². The highest BCUT2D eigenvalue weighted by Gasteiger charge is 2.50. The average Bonchev–Trinajstić information content (AvgIpc) is 3.25. The summed E-state index contributed by atoms with van der Waals surface area (Å²) in [6.07, 6.45) is 1.59. The average molecular weight is 398 g/mol. The Morgan fingerprint density at radius 1 is 1.17 bits per heavy atom. The van der Waals surface area contributed by atoms with Crippen LogP contribution in [0.4, 0.5) is 15.0 Å². The number of carbonyl (C=O) groups is 2. The second-order valence-electron chi connectivity index (χ2n) is 7.84. The second-order valence-corrected chi connectivity index (χ2v) is 7.84. The van der Waals surface area contributed by atoms with Crippen molar-refractivity contribution in [1.29, 1.82) is 0 Å². The first-order valence-electron chi connectivity index (χ1n) is 9.53. The summed E-state index contributed by atoms with van der Waals surface area (Å²) in [5.41, 5.74) is 0.921. The van der Waals surface area contributed by atoms with E-state index in [0.717, 1.165) is 5.56 Å². The SMILES string of the molecule is CN(C)C(=O)N1C[C@H]2CN(c3ncccc3C(=O)O)C[C@H]2[C@@H]1c1cccc(F)c1. The van der Waals surface area contributed by atoms with Gasteiger partial charge in [0.1, 0.15) is 17.2 Å². The summed E-state index contributed by atoms with van der Waals surface area (Å²) < 4.78 is 13.9. The highest BCUT2D eigenvalue weighted by atomic mass is 19.1. The van der Waals surface area contributed by atoms with Crippen LogP contribution < -0.4 is 4.90 Å². The van der Waals surface area contributed by atoms with Crippen LogP contribution in [0, 0.1) is 17.7 Å². The van der Waals surface area contributed by atoms with Crippen LogP contribution >= 0.6 is 0 Å². The zero-order chi connectivity index (χ0) is 20.7. The Hall–Kier alpha value is -3.16. The van der Waals surface area contributed by atoms with Crippen molar-refractivity contribution in [3.05, 3.63) is 59.5 Å². The van der Waals surface area contributed by atoms with E-state index >= 15 is 0 Å². The van der Waals surface area contributed by atoms with Crippen molar-refractivity contribution in [3.63, 3.8) is 0 Å². The third kappa shape index (κ3) is 3.39. The van der Waals surface area contributed by atoms with Crippen molar-refractivity contribution >= 4 is 17.8 Å². The molecule has 2 aromatic rings. The third-order valence-electron chi connectivity index (χ3n) is 5.80. The van der Waals surface area contributed by atoms with Crippen LogP contribution in [0.3, 0.4) is 0 Å². The van der Waals surface area contributed by atoms with Gasteiger partial charge in [-0.15, -0.1) is 0 Å². The summed E-state index contributed by atoms with van der Waals surface area (Å²) in [7, 11) is 3.41. The fourth-order valence-electron chi connectivity index (χ4n) is 4.61. The maximum atomic E-state index is 13.9. The smallest absolute Gasteiger partial charge is 0.339 e. The van der Waals surface area contributed by atoms with Gasteiger partial charge in [0.05, 0.1) is 6.04 Å². The number of amides is 2. The maximum Gasteiger partial charge on any atom is 0.339 e. The quantitative estimate of drug-likeness (QED) is 0.860. The number of halogens is 1. The largest absolute Gasteiger partial charge is 0.478 e. The number of nitrogens with zero attached hydrogens (tertiary/aromatic N) is 4. The fourth-order valence-corrected chi connectivity index (χ4v) is 4.61. The Balaban J connectivity index is 1.68. The Morgan fingerprint density at radius 2 is 1.97 bits per heavy atom. The highest BCUT2D eigenvalue weighted by Crippen LogP contribution is 2.46. The van der Waals surface area contributed by atoms with Gasteiger partial charge in [-0.05, 0) is 29.8 Å². The molecule has 29 heavy (non-hydrogen) atoms. The molecule has 1 N–H and O–H groups in total. The molecule has 2 aliphatic rings.